The molecule has 0 aromatic heterocycles. The second kappa shape index (κ2) is 7.51. The summed E-state index contributed by atoms with van der Waals surface area (Å²) < 4.78 is 11.4. The van der Waals surface area contributed by atoms with Crippen molar-refractivity contribution in [2.45, 2.75) is 40.2 Å². The molecule has 13 heavy (non-hydrogen) atoms. The molecule has 0 aliphatic rings. The van der Waals surface area contributed by atoms with Crippen molar-refractivity contribution in [3.8, 4) is 0 Å². The summed E-state index contributed by atoms with van der Waals surface area (Å²) in [5.74, 6) is 2.20. The highest BCUT2D eigenvalue weighted by atomic mass is 32.2. The van der Waals surface area contributed by atoms with Gasteiger partial charge in [-0.15, -0.1) is 0 Å². The van der Waals surface area contributed by atoms with Crippen molar-refractivity contribution in [3.63, 3.8) is 0 Å². The highest BCUT2D eigenvalue weighted by molar-refractivity contribution is 7.84. The predicted molar refractivity (Wildman–Crippen MR) is 60.5 cm³/mol. The second-order valence-electron chi connectivity index (χ2n) is 3.44. The highest BCUT2D eigenvalue weighted by Gasteiger charge is 2.16. The average Bonchev–Trinajstić information content (AvgIpc) is 2.15. The minimum Gasteiger partial charge on any atom is -0.313 e. The van der Waals surface area contributed by atoms with E-state index >= 15 is 0 Å². The summed E-state index contributed by atoms with van der Waals surface area (Å²) in [5.41, 5.74) is 0. The first-order valence-electron chi connectivity index (χ1n) is 5.23. The lowest BCUT2D eigenvalue weighted by Crippen LogP contribution is -2.39. The lowest BCUT2D eigenvalue weighted by atomic mass is 10.0. The van der Waals surface area contributed by atoms with Gasteiger partial charge in [-0.05, 0) is 12.5 Å². The van der Waals surface area contributed by atoms with Gasteiger partial charge in [-0.3, -0.25) is 4.21 Å². The maximum Gasteiger partial charge on any atom is 0.0391 e. The Labute approximate surface area is 84.9 Å². The summed E-state index contributed by atoms with van der Waals surface area (Å²) in [6, 6.07) is 0.427. The van der Waals surface area contributed by atoms with Gasteiger partial charge in [0.25, 0.3) is 0 Å². The smallest absolute Gasteiger partial charge is 0.0391 e. The first-order valence-corrected chi connectivity index (χ1v) is 6.72. The van der Waals surface area contributed by atoms with Gasteiger partial charge in [0.15, 0.2) is 0 Å². The molecular formula is C10H23NOS. The third-order valence-corrected chi connectivity index (χ3v) is 3.86. The topological polar surface area (TPSA) is 29.1 Å². The second-order valence-corrected chi connectivity index (χ2v) is 5.24. The van der Waals surface area contributed by atoms with E-state index < -0.39 is 10.8 Å². The molecule has 0 saturated heterocycles. The molecule has 0 bridgehead atoms. The van der Waals surface area contributed by atoms with Crippen LogP contribution in [0.25, 0.3) is 0 Å². The molecule has 0 heterocycles. The van der Waals surface area contributed by atoms with E-state index in [-0.39, 0.29) is 0 Å². The Morgan fingerprint density at radius 3 is 2.31 bits per heavy atom. The Hall–Kier alpha value is 0.110. The fraction of sp³-hybridized carbons (Fsp3) is 1.00. The number of hydrogen-bond donors (Lipinski definition) is 1. The van der Waals surface area contributed by atoms with E-state index in [9.17, 15) is 4.21 Å². The normalized spacial score (nSPS) is 18.2. The van der Waals surface area contributed by atoms with Crippen LogP contribution in [0.2, 0.25) is 0 Å². The molecule has 80 valence electrons. The van der Waals surface area contributed by atoms with Crippen molar-refractivity contribution < 1.29 is 4.21 Å². The van der Waals surface area contributed by atoms with Gasteiger partial charge >= 0.3 is 0 Å². The molecule has 0 radical (unpaired) electrons. The number of rotatable bonds is 7. The molecule has 0 fully saturated rings. The standard InChI is InChI=1S/C10H23NOS/c1-5-9(4)10(11-6-2)8-13(12)7-3/h9-11H,5-8H2,1-4H3. The Morgan fingerprint density at radius 2 is 1.92 bits per heavy atom. The van der Waals surface area contributed by atoms with Gasteiger partial charge in [-0.2, -0.15) is 0 Å². The minimum absolute atomic E-state index is 0.427. The maximum atomic E-state index is 11.4. The van der Waals surface area contributed by atoms with Gasteiger partial charge in [-0.1, -0.05) is 34.1 Å². The van der Waals surface area contributed by atoms with Crippen LogP contribution < -0.4 is 5.32 Å². The van der Waals surface area contributed by atoms with Crippen LogP contribution in [0, 0.1) is 5.92 Å². The van der Waals surface area contributed by atoms with Crippen LogP contribution in [-0.4, -0.2) is 28.3 Å². The van der Waals surface area contributed by atoms with Gasteiger partial charge in [0.2, 0.25) is 0 Å². The third kappa shape index (κ3) is 5.42. The van der Waals surface area contributed by atoms with Gasteiger partial charge in [-0.25, -0.2) is 0 Å². The van der Waals surface area contributed by atoms with Crippen LogP contribution in [-0.2, 0) is 10.8 Å². The van der Waals surface area contributed by atoms with E-state index in [1.165, 1.54) is 0 Å². The zero-order valence-electron chi connectivity index (χ0n) is 9.30. The highest BCUT2D eigenvalue weighted by Crippen LogP contribution is 2.08. The maximum absolute atomic E-state index is 11.4. The van der Waals surface area contributed by atoms with E-state index in [1.807, 2.05) is 6.92 Å². The molecule has 2 nitrogen and oxygen atoms in total. The third-order valence-electron chi connectivity index (χ3n) is 2.48. The summed E-state index contributed by atoms with van der Waals surface area (Å²) in [7, 11) is -0.643. The lowest BCUT2D eigenvalue weighted by Gasteiger charge is -2.23. The van der Waals surface area contributed by atoms with Gasteiger partial charge in [0.1, 0.15) is 0 Å². The SMILES string of the molecule is CCNC(CS(=O)CC)C(C)CC. The van der Waals surface area contributed by atoms with Crippen molar-refractivity contribution in [3.05, 3.63) is 0 Å². The fourth-order valence-corrected chi connectivity index (χ4v) is 2.37. The van der Waals surface area contributed by atoms with E-state index in [4.69, 9.17) is 0 Å². The van der Waals surface area contributed by atoms with Crippen LogP contribution in [0.4, 0.5) is 0 Å². The van der Waals surface area contributed by atoms with E-state index in [2.05, 4.69) is 26.1 Å². The Kier molecular flexibility index (Phi) is 7.57. The first kappa shape index (κ1) is 13.1. The minimum atomic E-state index is -0.643. The van der Waals surface area contributed by atoms with Crippen molar-refractivity contribution >= 4 is 10.8 Å². The molecule has 0 aromatic rings. The van der Waals surface area contributed by atoms with E-state index in [0.717, 1.165) is 24.5 Å². The molecule has 1 N–H and O–H groups in total. The molecule has 0 aromatic carbocycles. The van der Waals surface area contributed by atoms with Crippen LogP contribution in [0.15, 0.2) is 0 Å². The van der Waals surface area contributed by atoms with Gasteiger partial charge < -0.3 is 5.32 Å². The molecule has 0 amide bonds. The largest absolute Gasteiger partial charge is 0.313 e. The number of hydrogen-bond acceptors (Lipinski definition) is 2. The predicted octanol–water partition coefficient (Wildman–Crippen LogP) is 1.78. The van der Waals surface area contributed by atoms with Crippen LogP contribution in [0.3, 0.4) is 0 Å². The molecule has 0 rings (SSSR count). The van der Waals surface area contributed by atoms with Crippen LogP contribution in [0.1, 0.15) is 34.1 Å². The monoisotopic (exact) mass is 205 g/mol. The van der Waals surface area contributed by atoms with Gasteiger partial charge in [0, 0.05) is 28.3 Å². The van der Waals surface area contributed by atoms with Crippen molar-refractivity contribution in [1.29, 1.82) is 0 Å². The summed E-state index contributed by atoms with van der Waals surface area (Å²) in [6.45, 7) is 9.46. The van der Waals surface area contributed by atoms with Crippen molar-refractivity contribution in [1.82, 2.24) is 5.32 Å². The summed E-state index contributed by atoms with van der Waals surface area (Å²) >= 11 is 0. The zero-order valence-corrected chi connectivity index (χ0v) is 10.1. The van der Waals surface area contributed by atoms with Crippen LogP contribution in [0.5, 0.6) is 0 Å². The summed E-state index contributed by atoms with van der Waals surface area (Å²) in [5, 5.41) is 3.41. The van der Waals surface area contributed by atoms with Crippen molar-refractivity contribution in [2.75, 3.05) is 18.1 Å². The van der Waals surface area contributed by atoms with E-state index in [1.54, 1.807) is 0 Å². The molecule has 0 spiro atoms. The van der Waals surface area contributed by atoms with E-state index in [0.29, 0.717) is 12.0 Å². The molecule has 3 heteroatoms. The Balaban J connectivity index is 4.00. The molecule has 3 unspecified atom stereocenters. The van der Waals surface area contributed by atoms with Crippen molar-refractivity contribution in [2.24, 2.45) is 5.92 Å². The molecule has 0 aliphatic carbocycles. The molecular weight excluding hydrogens is 182 g/mol. The van der Waals surface area contributed by atoms with Crippen LogP contribution >= 0.6 is 0 Å². The molecule has 0 saturated carbocycles. The summed E-state index contributed by atoms with van der Waals surface area (Å²) in [4.78, 5) is 0. The molecule has 3 atom stereocenters. The first-order chi connectivity index (χ1) is 6.15. The quantitative estimate of drug-likeness (QED) is 0.686. The number of nitrogens with one attached hydrogen (secondary N) is 1. The fourth-order valence-electron chi connectivity index (χ4n) is 1.29. The Morgan fingerprint density at radius 1 is 1.31 bits per heavy atom. The van der Waals surface area contributed by atoms with Gasteiger partial charge in [0.05, 0.1) is 0 Å². The molecule has 0 aliphatic heterocycles. The zero-order chi connectivity index (χ0) is 10.3. The summed E-state index contributed by atoms with van der Waals surface area (Å²) in [6.07, 6.45) is 1.15. The lowest BCUT2D eigenvalue weighted by molar-refractivity contribution is 0.401. The Bertz CT molecular complexity index is 150. The average molecular weight is 205 g/mol.